The molecule has 2 rings (SSSR count). The third-order valence-corrected chi connectivity index (χ3v) is 5.91. The number of nitrogens with one attached hydrogen (secondary N) is 2. The molecule has 2 N–H and O–H groups in total. The van der Waals surface area contributed by atoms with Crippen molar-refractivity contribution >= 4 is 21.6 Å². The van der Waals surface area contributed by atoms with Crippen LogP contribution < -0.4 is 10.6 Å². The van der Waals surface area contributed by atoms with E-state index in [-0.39, 0.29) is 28.1 Å². The summed E-state index contributed by atoms with van der Waals surface area (Å²) in [5.74, 6) is 0.0434. The fourth-order valence-corrected chi connectivity index (χ4v) is 3.26. The molecule has 7 nitrogen and oxygen atoms in total. The minimum atomic E-state index is -3.25. The van der Waals surface area contributed by atoms with Crippen LogP contribution in [0.5, 0.6) is 0 Å². The number of benzene rings is 1. The van der Waals surface area contributed by atoms with Crippen LogP contribution in [0.25, 0.3) is 0 Å². The highest BCUT2D eigenvalue weighted by Crippen LogP contribution is 2.21. The molecule has 0 saturated heterocycles. The molecule has 26 heavy (non-hydrogen) atoms. The smallest absolute Gasteiger partial charge is 0.319 e. The Bertz CT molecular complexity index is 822. The first kappa shape index (κ1) is 20.0. The molecular weight excluding hydrogens is 352 g/mol. The van der Waals surface area contributed by atoms with Crippen molar-refractivity contribution in [3.8, 4) is 0 Å². The highest BCUT2D eigenvalue weighted by molar-refractivity contribution is 7.91. The van der Waals surface area contributed by atoms with Crippen molar-refractivity contribution in [1.82, 2.24) is 14.9 Å². The topological polar surface area (TPSA) is 93.1 Å². The molecular formula is C18H26N4O3S. The number of urea groups is 1. The summed E-state index contributed by atoms with van der Waals surface area (Å²) in [4.78, 5) is 16.6. The van der Waals surface area contributed by atoms with E-state index in [0.717, 1.165) is 0 Å². The normalized spacial score (nSPS) is 13.2. The van der Waals surface area contributed by atoms with Crippen LogP contribution in [-0.4, -0.2) is 35.8 Å². The number of rotatable bonds is 6. The molecule has 0 fully saturated rings. The van der Waals surface area contributed by atoms with Gasteiger partial charge in [0.2, 0.25) is 0 Å². The molecule has 1 atom stereocenters. The minimum Gasteiger partial charge on any atom is -0.335 e. The van der Waals surface area contributed by atoms with Gasteiger partial charge in [-0.2, -0.15) is 0 Å². The molecule has 1 aromatic heterocycles. The third kappa shape index (κ3) is 5.32. The second kappa shape index (κ2) is 7.90. The Balaban J connectivity index is 2.03. The average molecular weight is 378 g/mol. The molecule has 0 spiro atoms. The monoisotopic (exact) mass is 378 g/mol. The van der Waals surface area contributed by atoms with E-state index in [0.29, 0.717) is 12.2 Å². The number of carbonyl (C=O) groups is 1. The van der Waals surface area contributed by atoms with Crippen molar-refractivity contribution in [2.24, 2.45) is 5.41 Å². The van der Waals surface area contributed by atoms with E-state index in [1.165, 1.54) is 12.1 Å². The van der Waals surface area contributed by atoms with Gasteiger partial charge in [-0.05, 0) is 29.7 Å². The van der Waals surface area contributed by atoms with Crippen molar-refractivity contribution in [2.75, 3.05) is 11.1 Å². The van der Waals surface area contributed by atoms with E-state index < -0.39 is 9.84 Å². The molecule has 0 saturated carbocycles. The molecule has 1 aromatic carbocycles. The minimum absolute atomic E-state index is 0.0434. The number of carbonyl (C=O) groups excluding carboxylic acids is 1. The Morgan fingerprint density at radius 3 is 2.38 bits per heavy atom. The van der Waals surface area contributed by atoms with Crippen LogP contribution >= 0.6 is 0 Å². The van der Waals surface area contributed by atoms with Crippen molar-refractivity contribution < 1.29 is 13.2 Å². The maximum Gasteiger partial charge on any atom is 0.319 e. The Morgan fingerprint density at radius 1 is 1.23 bits per heavy atom. The van der Waals surface area contributed by atoms with E-state index in [9.17, 15) is 13.2 Å². The summed E-state index contributed by atoms with van der Waals surface area (Å²) in [5.41, 5.74) is 0.383. The standard InChI is InChI=1S/C18H26N4O3S/c1-5-26(24,25)15-8-6-14(7-9-15)20-17(23)21-16(18(2,3)4)12-22-11-10-19-13-22/h6-11,13,16H,5,12H2,1-4H3,(H2,20,21,23). The fraction of sp³-hybridized carbons (Fsp3) is 0.444. The lowest BCUT2D eigenvalue weighted by molar-refractivity contribution is 0.219. The van der Waals surface area contributed by atoms with E-state index >= 15 is 0 Å². The lowest BCUT2D eigenvalue weighted by Gasteiger charge is -2.31. The van der Waals surface area contributed by atoms with Gasteiger partial charge in [0.25, 0.3) is 0 Å². The van der Waals surface area contributed by atoms with Crippen LogP contribution in [0.1, 0.15) is 27.7 Å². The predicted molar refractivity (Wildman–Crippen MR) is 102 cm³/mol. The van der Waals surface area contributed by atoms with Gasteiger partial charge in [0.1, 0.15) is 0 Å². The molecule has 0 radical (unpaired) electrons. The molecule has 2 aromatic rings. The van der Waals surface area contributed by atoms with Gasteiger partial charge in [-0.25, -0.2) is 18.2 Å². The van der Waals surface area contributed by atoms with Crippen molar-refractivity contribution in [2.45, 2.75) is 45.2 Å². The van der Waals surface area contributed by atoms with Gasteiger partial charge in [0, 0.05) is 24.6 Å². The van der Waals surface area contributed by atoms with Crippen molar-refractivity contribution in [1.29, 1.82) is 0 Å². The van der Waals surface area contributed by atoms with Crippen LogP contribution in [0.15, 0.2) is 47.9 Å². The Kier molecular flexibility index (Phi) is 6.07. The first-order valence-electron chi connectivity index (χ1n) is 8.48. The second-order valence-electron chi connectivity index (χ2n) is 7.20. The highest BCUT2D eigenvalue weighted by atomic mass is 32.2. The number of anilines is 1. The van der Waals surface area contributed by atoms with Crippen LogP contribution in [0, 0.1) is 5.41 Å². The maximum absolute atomic E-state index is 12.4. The molecule has 1 heterocycles. The van der Waals surface area contributed by atoms with E-state index in [2.05, 4.69) is 36.4 Å². The molecule has 1 unspecified atom stereocenters. The number of amides is 2. The molecule has 2 amide bonds. The number of hydrogen-bond acceptors (Lipinski definition) is 4. The fourth-order valence-electron chi connectivity index (χ4n) is 2.38. The Hall–Kier alpha value is -2.35. The SMILES string of the molecule is CCS(=O)(=O)c1ccc(NC(=O)NC(Cn2ccnc2)C(C)(C)C)cc1. The number of hydrogen-bond donors (Lipinski definition) is 2. The van der Waals surface area contributed by atoms with Gasteiger partial charge in [-0.1, -0.05) is 27.7 Å². The summed E-state index contributed by atoms with van der Waals surface area (Å²) in [6.07, 6.45) is 5.27. The van der Waals surface area contributed by atoms with E-state index in [1.807, 2.05) is 10.8 Å². The van der Waals surface area contributed by atoms with Crippen LogP contribution in [0.3, 0.4) is 0 Å². The predicted octanol–water partition coefficient (Wildman–Crippen LogP) is 2.91. The number of imidazole rings is 1. The van der Waals surface area contributed by atoms with Crippen molar-refractivity contribution in [3.63, 3.8) is 0 Å². The Morgan fingerprint density at radius 2 is 1.88 bits per heavy atom. The lowest BCUT2D eigenvalue weighted by atomic mass is 9.86. The molecule has 0 aliphatic carbocycles. The zero-order valence-corrected chi connectivity index (χ0v) is 16.4. The highest BCUT2D eigenvalue weighted by Gasteiger charge is 2.26. The van der Waals surface area contributed by atoms with Gasteiger partial charge in [-0.3, -0.25) is 0 Å². The van der Waals surface area contributed by atoms with Gasteiger partial charge >= 0.3 is 6.03 Å². The summed E-state index contributed by atoms with van der Waals surface area (Å²) in [7, 11) is -3.25. The van der Waals surface area contributed by atoms with Crippen LogP contribution in [-0.2, 0) is 16.4 Å². The van der Waals surface area contributed by atoms with Gasteiger partial charge < -0.3 is 15.2 Å². The number of sulfone groups is 1. The molecule has 142 valence electrons. The van der Waals surface area contributed by atoms with Crippen LogP contribution in [0.4, 0.5) is 10.5 Å². The van der Waals surface area contributed by atoms with Gasteiger partial charge in [0.15, 0.2) is 9.84 Å². The second-order valence-corrected chi connectivity index (χ2v) is 9.48. The molecule has 0 aliphatic heterocycles. The first-order valence-corrected chi connectivity index (χ1v) is 10.1. The van der Waals surface area contributed by atoms with Gasteiger partial charge in [0.05, 0.1) is 23.0 Å². The summed E-state index contributed by atoms with van der Waals surface area (Å²) in [6, 6.07) is 5.73. The van der Waals surface area contributed by atoms with Crippen LogP contribution in [0.2, 0.25) is 0 Å². The summed E-state index contributed by atoms with van der Waals surface area (Å²) in [5, 5.41) is 5.73. The Labute approximate surface area is 154 Å². The average Bonchev–Trinajstić information content (AvgIpc) is 3.07. The lowest BCUT2D eigenvalue weighted by Crippen LogP contribution is -2.47. The van der Waals surface area contributed by atoms with Gasteiger partial charge in [-0.15, -0.1) is 0 Å². The number of aromatic nitrogens is 2. The molecule has 8 heteroatoms. The van der Waals surface area contributed by atoms with Crippen molar-refractivity contribution in [3.05, 3.63) is 43.0 Å². The maximum atomic E-state index is 12.4. The third-order valence-electron chi connectivity index (χ3n) is 4.15. The summed E-state index contributed by atoms with van der Waals surface area (Å²) in [6.45, 7) is 8.37. The zero-order valence-electron chi connectivity index (χ0n) is 15.6. The summed E-state index contributed by atoms with van der Waals surface area (Å²) >= 11 is 0. The molecule has 0 bridgehead atoms. The largest absolute Gasteiger partial charge is 0.335 e. The van der Waals surface area contributed by atoms with E-state index in [1.54, 1.807) is 31.6 Å². The quantitative estimate of drug-likeness (QED) is 0.808. The van der Waals surface area contributed by atoms with E-state index in [4.69, 9.17) is 0 Å². The zero-order chi connectivity index (χ0) is 19.4. The first-order chi connectivity index (χ1) is 12.1. The molecule has 0 aliphatic rings. The summed E-state index contributed by atoms with van der Waals surface area (Å²) < 4.78 is 25.6. The number of nitrogens with zero attached hydrogens (tertiary/aromatic N) is 2.